The highest BCUT2D eigenvalue weighted by Crippen LogP contribution is 2.35. The van der Waals surface area contributed by atoms with Crippen LogP contribution in [0.2, 0.25) is 0 Å². The van der Waals surface area contributed by atoms with Crippen molar-refractivity contribution in [2.45, 2.75) is 26.2 Å². The van der Waals surface area contributed by atoms with E-state index in [0.717, 1.165) is 42.0 Å². The molecule has 0 bridgehead atoms. The van der Waals surface area contributed by atoms with E-state index in [-0.39, 0.29) is 0 Å². The van der Waals surface area contributed by atoms with Crippen molar-refractivity contribution in [3.05, 3.63) is 17.7 Å². The Kier molecular flexibility index (Phi) is 4.28. The van der Waals surface area contributed by atoms with Crippen molar-refractivity contribution in [1.29, 1.82) is 0 Å². The van der Waals surface area contributed by atoms with Gasteiger partial charge in [0.1, 0.15) is 0 Å². The maximum Gasteiger partial charge on any atom is 0.165 e. The van der Waals surface area contributed by atoms with Gasteiger partial charge < -0.3 is 15.2 Å². The largest absolute Gasteiger partial charge is 0.493 e. The van der Waals surface area contributed by atoms with Crippen molar-refractivity contribution in [1.82, 2.24) is 0 Å². The minimum absolute atomic E-state index is 0.748. The molecule has 0 heterocycles. The standard InChI is InChI=1S/C12H19NO2/c1-4-5-6-9-10(13)7-8-11(14-2)12(9)15-3/h7-8H,4-6,13H2,1-3H3. The molecule has 0 aliphatic heterocycles. The number of anilines is 1. The van der Waals surface area contributed by atoms with Crippen LogP contribution >= 0.6 is 0 Å². The van der Waals surface area contributed by atoms with Crippen molar-refractivity contribution >= 4 is 5.69 Å². The molecule has 0 radical (unpaired) electrons. The Balaban J connectivity index is 3.07. The zero-order valence-electron chi connectivity index (χ0n) is 9.67. The fourth-order valence-corrected chi connectivity index (χ4v) is 1.62. The average Bonchev–Trinajstić information content (AvgIpc) is 2.27. The van der Waals surface area contributed by atoms with Crippen LogP contribution in [0.5, 0.6) is 11.5 Å². The minimum Gasteiger partial charge on any atom is -0.493 e. The fraction of sp³-hybridized carbons (Fsp3) is 0.500. The number of benzene rings is 1. The third-order valence-electron chi connectivity index (χ3n) is 2.46. The lowest BCUT2D eigenvalue weighted by Crippen LogP contribution is -2.01. The first-order valence-corrected chi connectivity index (χ1v) is 5.23. The van der Waals surface area contributed by atoms with Crippen molar-refractivity contribution in [3.8, 4) is 11.5 Å². The summed E-state index contributed by atoms with van der Waals surface area (Å²) >= 11 is 0. The van der Waals surface area contributed by atoms with E-state index in [2.05, 4.69) is 6.92 Å². The summed E-state index contributed by atoms with van der Waals surface area (Å²) in [6.45, 7) is 2.16. The van der Waals surface area contributed by atoms with Crippen LogP contribution in [0.3, 0.4) is 0 Å². The van der Waals surface area contributed by atoms with Crippen LogP contribution in [-0.2, 0) is 6.42 Å². The summed E-state index contributed by atoms with van der Waals surface area (Å²) in [7, 11) is 3.28. The molecule has 0 unspecified atom stereocenters. The van der Waals surface area contributed by atoms with E-state index in [1.807, 2.05) is 12.1 Å². The van der Waals surface area contributed by atoms with E-state index in [0.29, 0.717) is 0 Å². The lowest BCUT2D eigenvalue weighted by molar-refractivity contribution is 0.351. The lowest BCUT2D eigenvalue weighted by atomic mass is 10.0. The van der Waals surface area contributed by atoms with Crippen molar-refractivity contribution in [2.75, 3.05) is 20.0 Å². The number of unbranched alkanes of at least 4 members (excludes halogenated alkanes) is 1. The predicted molar refractivity (Wildman–Crippen MR) is 62.6 cm³/mol. The van der Waals surface area contributed by atoms with Crippen molar-refractivity contribution in [2.24, 2.45) is 0 Å². The summed E-state index contributed by atoms with van der Waals surface area (Å²) in [5.74, 6) is 1.52. The minimum atomic E-state index is 0.748. The van der Waals surface area contributed by atoms with E-state index in [1.54, 1.807) is 14.2 Å². The molecule has 15 heavy (non-hydrogen) atoms. The molecule has 1 aromatic rings. The smallest absolute Gasteiger partial charge is 0.165 e. The van der Waals surface area contributed by atoms with Crippen LogP contribution in [-0.4, -0.2) is 14.2 Å². The third-order valence-corrected chi connectivity index (χ3v) is 2.46. The van der Waals surface area contributed by atoms with E-state index in [9.17, 15) is 0 Å². The van der Waals surface area contributed by atoms with Gasteiger partial charge in [-0.2, -0.15) is 0 Å². The summed E-state index contributed by atoms with van der Waals surface area (Å²) in [6, 6.07) is 3.70. The molecule has 1 aromatic carbocycles. The molecule has 0 fully saturated rings. The number of ether oxygens (including phenoxy) is 2. The Morgan fingerprint density at radius 1 is 1.20 bits per heavy atom. The number of methoxy groups -OCH3 is 2. The molecule has 0 aliphatic carbocycles. The molecule has 0 saturated heterocycles. The van der Waals surface area contributed by atoms with Crippen molar-refractivity contribution in [3.63, 3.8) is 0 Å². The number of hydrogen-bond donors (Lipinski definition) is 1. The zero-order chi connectivity index (χ0) is 11.3. The number of nitrogen functional groups attached to an aromatic ring is 1. The summed E-state index contributed by atoms with van der Waals surface area (Å²) in [5.41, 5.74) is 7.76. The van der Waals surface area contributed by atoms with E-state index < -0.39 is 0 Å². The number of hydrogen-bond acceptors (Lipinski definition) is 3. The van der Waals surface area contributed by atoms with Gasteiger partial charge >= 0.3 is 0 Å². The SMILES string of the molecule is CCCCc1c(N)ccc(OC)c1OC. The first-order valence-electron chi connectivity index (χ1n) is 5.23. The van der Waals surface area contributed by atoms with Crippen LogP contribution in [0.15, 0.2) is 12.1 Å². The summed E-state index contributed by atoms with van der Waals surface area (Å²) in [4.78, 5) is 0. The Hall–Kier alpha value is -1.38. The molecular formula is C12H19NO2. The lowest BCUT2D eigenvalue weighted by Gasteiger charge is -2.14. The van der Waals surface area contributed by atoms with Gasteiger partial charge in [-0.25, -0.2) is 0 Å². The molecule has 3 heteroatoms. The monoisotopic (exact) mass is 209 g/mol. The van der Waals surface area contributed by atoms with Crippen LogP contribution in [0, 0.1) is 0 Å². The number of nitrogens with two attached hydrogens (primary N) is 1. The Morgan fingerprint density at radius 2 is 1.93 bits per heavy atom. The van der Waals surface area contributed by atoms with Gasteiger partial charge in [0.15, 0.2) is 11.5 Å². The molecule has 0 spiro atoms. The topological polar surface area (TPSA) is 44.5 Å². The van der Waals surface area contributed by atoms with Gasteiger partial charge in [-0.15, -0.1) is 0 Å². The highest BCUT2D eigenvalue weighted by atomic mass is 16.5. The molecule has 0 aliphatic rings. The normalized spacial score (nSPS) is 10.1. The van der Waals surface area contributed by atoms with Gasteiger partial charge in [-0.3, -0.25) is 0 Å². The quantitative estimate of drug-likeness (QED) is 0.758. The Morgan fingerprint density at radius 3 is 2.47 bits per heavy atom. The van der Waals surface area contributed by atoms with Crippen LogP contribution in [0.1, 0.15) is 25.3 Å². The molecule has 2 N–H and O–H groups in total. The maximum absolute atomic E-state index is 5.93. The zero-order valence-corrected chi connectivity index (χ0v) is 9.67. The molecule has 3 nitrogen and oxygen atoms in total. The van der Waals surface area contributed by atoms with E-state index in [1.165, 1.54) is 0 Å². The molecule has 0 saturated carbocycles. The average molecular weight is 209 g/mol. The molecular weight excluding hydrogens is 190 g/mol. The van der Waals surface area contributed by atoms with Gasteiger partial charge in [0, 0.05) is 11.3 Å². The second-order valence-electron chi connectivity index (χ2n) is 3.47. The second-order valence-corrected chi connectivity index (χ2v) is 3.47. The molecule has 84 valence electrons. The highest BCUT2D eigenvalue weighted by molar-refractivity contribution is 5.60. The van der Waals surface area contributed by atoms with Gasteiger partial charge in [0.05, 0.1) is 14.2 Å². The van der Waals surface area contributed by atoms with Gasteiger partial charge in [-0.05, 0) is 25.0 Å². The summed E-state index contributed by atoms with van der Waals surface area (Å²) in [5, 5.41) is 0. The van der Waals surface area contributed by atoms with Gasteiger partial charge in [0.25, 0.3) is 0 Å². The molecule has 0 amide bonds. The Bertz CT molecular complexity index is 324. The second kappa shape index (κ2) is 5.49. The summed E-state index contributed by atoms with van der Waals surface area (Å²) in [6.07, 6.45) is 3.18. The number of rotatable bonds is 5. The first-order chi connectivity index (χ1) is 7.24. The Labute approximate surface area is 91.2 Å². The van der Waals surface area contributed by atoms with Crippen LogP contribution < -0.4 is 15.2 Å². The first kappa shape index (κ1) is 11.7. The van der Waals surface area contributed by atoms with Crippen LogP contribution in [0.4, 0.5) is 5.69 Å². The maximum atomic E-state index is 5.93. The van der Waals surface area contributed by atoms with Gasteiger partial charge in [-0.1, -0.05) is 13.3 Å². The van der Waals surface area contributed by atoms with Crippen molar-refractivity contribution < 1.29 is 9.47 Å². The highest BCUT2D eigenvalue weighted by Gasteiger charge is 2.12. The molecule has 1 rings (SSSR count). The molecule has 0 aromatic heterocycles. The van der Waals surface area contributed by atoms with E-state index in [4.69, 9.17) is 15.2 Å². The predicted octanol–water partition coefficient (Wildman–Crippen LogP) is 2.63. The summed E-state index contributed by atoms with van der Waals surface area (Å²) < 4.78 is 10.6. The molecule has 0 atom stereocenters. The van der Waals surface area contributed by atoms with Gasteiger partial charge in [0.2, 0.25) is 0 Å². The van der Waals surface area contributed by atoms with Crippen LogP contribution in [0.25, 0.3) is 0 Å². The van der Waals surface area contributed by atoms with E-state index >= 15 is 0 Å². The third kappa shape index (κ3) is 2.55. The fourth-order valence-electron chi connectivity index (χ4n) is 1.62.